The van der Waals surface area contributed by atoms with Crippen LogP contribution in [0.4, 0.5) is 10.7 Å². The first-order valence-corrected chi connectivity index (χ1v) is 15.2. The van der Waals surface area contributed by atoms with Gasteiger partial charge in [0.25, 0.3) is 0 Å². The number of benzene rings is 1. The number of amides is 1. The number of aliphatic hydroxyl groups excluding tert-OH is 1. The van der Waals surface area contributed by atoms with Gasteiger partial charge in [0.05, 0.1) is 12.7 Å². The number of hydrogen-bond acceptors (Lipinski definition) is 8. The van der Waals surface area contributed by atoms with Gasteiger partial charge in [-0.3, -0.25) is 4.90 Å². The number of aliphatic hydroxyl groups is 1. The van der Waals surface area contributed by atoms with Crippen molar-refractivity contribution in [1.29, 1.82) is 0 Å². The Labute approximate surface area is 249 Å². The number of methoxy groups -OCH3 is 1. The van der Waals surface area contributed by atoms with Gasteiger partial charge in [0.15, 0.2) is 0 Å². The van der Waals surface area contributed by atoms with E-state index >= 15 is 0 Å². The number of carbonyl (C=O) groups excluding carboxylic acids is 1. The molecule has 10 heteroatoms. The Bertz CT molecular complexity index is 1340. The predicted octanol–water partition coefficient (Wildman–Crippen LogP) is 5.07. The second-order valence-corrected chi connectivity index (χ2v) is 12.8. The Kier molecular flexibility index (Phi) is 9.35. The number of piperazine rings is 1. The molecular weight excluding hydrogens is 532 g/mol. The topological polar surface area (TPSA) is 105 Å². The average molecular weight is 579 g/mol. The van der Waals surface area contributed by atoms with E-state index in [9.17, 15) is 9.90 Å². The van der Waals surface area contributed by atoms with Crippen LogP contribution in [0, 0.1) is 0 Å². The van der Waals surface area contributed by atoms with E-state index in [4.69, 9.17) is 14.5 Å². The van der Waals surface area contributed by atoms with Gasteiger partial charge in [0, 0.05) is 75.3 Å². The van der Waals surface area contributed by atoms with Gasteiger partial charge in [0.1, 0.15) is 11.2 Å². The van der Waals surface area contributed by atoms with Gasteiger partial charge in [-0.15, -0.1) is 0 Å². The summed E-state index contributed by atoms with van der Waals surface area (Å²) >= 11 is 0. The number of fused-ring (bicyclic) bond motifs is 1. The third-order valence-corrected chi connectivity index (χ3v) is 8.12. The van der Waals surface area contributed by atoms with Crippen molar-refractivity contribution in [1.82, 2.24) is 24.3 Å². The van der Waals surface area contributed by atoms with E-state index in [2.05, 4.69) is 50.2 Å². The molecular formula is C32H46N6O4. The standard InChI is InChI=1S/C32H46N6O4/c1-22(21-41-5)34-30-33-18-27-28(20-38(29(27)35-30)25-10-12-26(39)13-11-25)24-8-6-23(7-9-24)19-36-14-16-37(17-15-36)31(40)42-32(2,3)4/h6-9,18,20,22,25-26,39H,10-17,19,21H2,1-5H3,(H,33,34,35)/t22-,25-,26-/m0/s1. The molecule has 3 heterocycles. The van der Waals surface area contributed by atoms with Crippen LogP contribution >= 0.6 is 0 Å². The number of carbonyl (C=O) groups is 1. The molecule has 3 aromatic rings. The second-order valence-electron chi connectivity index (χ2n) is 12.8. The van der Waals surface area contributed by atoms with Crippen LogP contribution in [0.15, 0.2) is 36.7 Å². The van der Waals surface area contributed by atoms with Gasteiger partial charge >= 0.3 is 6.09 Å². The van der Waals surface area contributed by atoms with E-state index in [1.165, 1.54) is 5.56 Å². The molecule has 2 aliphatic rings. The van der Waals surface area contributed by atoms with Gasteiger partial charge in [-0.1, -0.05) is 24.3 Å². The van der Waals surface area contributed by atoms with Crippen LogP contribution in [-0.4, -0.2) is 93.2 Å². The molecule has 0 radical (unpaired) electrons. The first-order chi connectivity index (χ1) is 20.1. The minimum atomic E-state index is -0.477. The Morgan fingerprint density at radius 2 is 1.79 bits per heavy atom. The maximum atomic E-state index is 12.4. The van der Waals surface area contributed by atoms with Gasteiger partial charge in [-0.2, -0.15) is 4.98 Å². The van der Waals surface area contributed by atoms with Crippen LogP contribution in [0.1, 0.15) is 65.0 Å². The van der Waals surface area contributed by atoms with Gasteiger partial charge < -0.3 is 29.4 Å². The molecule has 1 amide bonds. The molecule has 42 heavy (non-hydrogen) atoms. The molecule has 1 saturated heterocycles. The second kappa shape index (κ2) is 13.0. The number of nitrogens with zero attached hydrogens (tertiary/aromatic N) is 5. The zero-order valence-corrected chi connectivity index (χ0v) is 25.7. The lowest BCUT2D eigenvalue weighted by Gasteiger charge is -2.35. The summed E-state index contributed by atoms with van der Waals surface area (Å²) in [4.78, 5) is 26.2. The Hall–Kier alpha value is -3.21. The third kappa shape index (κ3) is 7.40. The van der Waals surface area contributed by atoms with E-state index in [1.54, 1.807) is 12.0 Å². The number of rotatable bonds is 8. The van der Waals surface area contributed by atoms with Crippen molar-refractivity contribution >= 4 is 23.1 Å². The van der Waals surface area contributed by atoms with Gasteiger partial charge in [0.2, 0.25) is 5.95 Å². The summed E-state index contributed by atoms with van der Waals surface area (Å²) in [6, 6.07) is 9.14. The maximum Gasteiger partial charge on any atom is 0.410 e. The Morgan fingerprint density at radius 1 is 1.10 bits per heavy atom. The van der Waals surface area contributed by atoms with Crippen molar-refractivity contribution in [2.45, 2.75) is 83.7 Å². The molecule has 2 fully saturated rings. The lowest BCUT2D eigenvalue weighted by Crippen LogP contribution is -2.49. The lowest BCUT2D eigenvalue weighted by atomic mass is 9.93. The Balaban J connectivity index is 1.31. The van der Waals surface area contributed by atoms with Crippen LogP contribution in [0.25, 0.3) is 22.2 Å². The molecule has 1 aromatic carbocycles. The van der Waals surface area contributed by atoms with E-state index in [0.717, 1.165) is 67.5 Å². The molecule has 1 aliphatic carbocycles. The SMILES string of the molecule is COC[C@H](C)Nc1ncc2c(-c3ccc(CN4CCN(C(=O)OC(C)(C)C)CC4)cc3)cn([C@H]3CC[C@H](O)CC3)c2n1. The fraction of sp³-hybridized carbons (Fsp3) is 0.594. The number of anilines is 1. The predicted molar refractivity (Wildman–Crippen MR) is 165 cm³/mol. The van der Waals surface area contributed by atoms with E-state index in [-0.39, 0.29) is 18.2 Å². The van der Waals surface area contributed by atoms with Gasteiger partial charge in [-0.25, -0.2) is 9.78 Å². The fourth-order valence-electron chi connectivity index (χ4n) is 5.92. The zero-order chi connectivity index (χ0) is 29.9. The van der Waals surface area contributed by atoms with Crippen LogP contribution < -0.4 is 5.32 Å². The zero-order valence-electron chi connectivity index (χ0n) is 25.7. The molecule has 1 saturated carbocycles. The van der Waals surface area contributed by atoms with E-state index in [1.807, 2.05) is 33.9 Å². The lowest BCUT2D eigenvalue weighted by molar-refractivity contribution is 0.0139. The monoisotopic (exact) mass is 578 g/mol. The van der Waals surface area contributed by atoms with Crippen molar-refractivity contribution in [2.75, 3.05) is 45.2 Å². The molecule has 1 aliphatic heterocycles. The summed E-state index contributed by atoms with van der Waals surface area (Å²) in [6.45, 7) is 12.1. The molecule has 5 rings (SSSR count). The minimum absolute atomic E-state index is 0.0907. The van der Waals surface area contributed by atoms with E-state index < -0.39 is 5.60 Å². The highest BCUT2D eigenvalue weighted by Crippen LogP contribution is 2.37. The fourth-order valence-corrected chi connectivity index (χ4v) is 5.92. The number of nitrogens with one attached hydrogen (secondary N) is 1. The molecule has 2 N–H and O–H groups in total. The Morgan fingerprint density at radius 3 is 2.43 bits per heavy atom. The first-order valence-electron chi connectivity index (χ1n) is 15.2. The summed E-state index contributed by atoms with van der Waals surface area (Å²) in [6.07, 6.45) is 7.17. The summed E-state index contributed by atoms with van der Waals surface area (Å²) in [5, 5.41) is 14.5. The molecule has 2 aromatic heterocycles. The average Bonchev–Trinajstić information content (AvgIpc) is 3.32. The molecule has 0 spiro atoms. The van der Waals surface area contributed by atoms with Crippen LogP contribution in [0.3, 0.4) is 0 Å². The highest BCUT2D eigenvalue weighted by atomic mass is 16.6. The molecule has 0 unspecified atom stereocenters. The molecule has 228 valence electrons. The minimum Gasteiger partial charge on any atom is -0.444 e. The summed E-state index contributed by atoms with van der Waals surface area (Å²) in [5.41, 5.74) is 3.93. The quantitative estimate of drug-likeness (QED) is 0.382. The van der Waals surface area contributed by atoms with Gasteiger partial charge in [-0.05, 0) is 64.5 Å². The van der Waals surface area contributed by atoms with Crippen molar-refractivity contribution in [3.05, 3.63) is 42.2 Å². The smallest absolute Gasteiger partial charge is 0.410 e. The summed E-state index contributed by atoms with van der Waals surface area (Å²) in [7, 11) is 1.69. The van der Waals surface area contributed by atoms with Crippen molar-refractivity contribution < 1.29 is 19.4 Å². The number of hydrogen-bond donors (Lipinski definition) is 2. The molecule has 1 atom stereocenters. The van der Waals surface area contributed by atoms with Crippen LogP contribution in [0.2, 0.25) is 0 Å². The maximum absolute atomic E-state index is 12.4. The van der Waals surface area contributed by atoms with Crippen molar-refractivity contribution in [2.24, 2.45) is 0 Å². The normalized spacial score (nSPS) is 21.0. The highest BCUT2D eigenvalue weighted by molar-refractivity contribution is 5.94. The first kappa shape index (κ1) is 30.3. The van der Waals surface area contributed by atoms with Crippen LogP contribution in [-0.2, 0) is 16.0 Å². The molecule has 0 bridgehead atoms. The number of aromatic nitrogens is 3. The third-order valence-electron chi connectivity index (χ3n) is 8.12. The number of ether oxygens (including phenoxy) is 2. The highest BCUT2D eigenvalue weighted by Gasteiger charge is 2.27. The van der Waals surface area contributed by atoms with Crippen LogP contribution in [0.5, 0.6) is 0 Å². The summed E-state index contributed by atoms with van der Waals surface area (Å²) in [5.74, 6) is 0.593. The van der Waals surface area contributed by atoms with Crippen molar-refractivity contribution in [3.63, 3.8) is 0 Å². The summed E-state index contributed by atoms with van der Waals surface area (Å²) < 4.78 is 13.1. The largest absolute Gasteiger partial charge is 0.444 e. The van der Waals surface area contributed by atoms with Crippen molar-refractivity contribution in [3.8, 4) is 11.1 Å². The van der Waals surface area contributed by atoms with E-state index in [0.29, 0.717) is 31.7 Å². The molecule has 10 nitrogen and oxygen atoms in total.